The summed E-state index contributed by atoms with van der Waals surface area (Å²) in [5, 5.41) is 0.769. The molecule has 0 aliphatic heterocycles. The van der Waals surface area contributed by atoms with E-state index in [0.717, 1.165) is 5.02 Å². The van der Waals surface area contributed by atoms with Crippen LogP contribution in [0.25, 0.3) is 22.3 Å². The molecule has 32 heavy (non-hydrogen) atoms. The highest BCUT2D eigenvalue weighted by Gasteiger charge is 2.57. The molecule has 0 N–H and O–H groups in total. The molecule has 3 atom stereocenters. The summed E-state index contributed by atoms with van der Waals surface area (Å²) in [7, 11) is 0. The van der Waals surface area contributed by atoms with E-state index >= 15 is 0 Å². The molecule has 0 aromatic heterocycles. The molecule has 0 fully saturated rings. The Morgan fingerprint density at radius 2 is 1.28 bits per heavy atom. The van der Waals surface area contributed by atoms with Crippen LogP contribution in [-0.2, 0) is 5.41 Å². The van der Waals surface area contributed by atoms with Crippen LogP contribution in [-0.4, -0.2) is 0 Å². The monoisotopic (exact) mass is 428 g/mol. The molecule has 0 radical (unpaired) electrons. The van der Waals surface area contributed by atoms with Crippen LogP contribution in [0.4, 0.5) is 0 Å². The van der Waals surface area contributed by atoms with Crippen LogP contribution in [0.1, 0.15) is 28.2 Å². The lowest BCUT2D eigenvalue weighted by Gasteiger charge is -2.37. The minimum atomic E-state index is -0.204. The second-order valence-corrected chi connectivity index (χ2v) is 9.43. The number of hydrogen-bond donors (Lipinski definition) is 0. The molecule has 3 aliphatic carbocycles. The number of benzene rings is 4. The van der Waals surface area contributed by atoms with E-state index in [1.54, 1.807) is 0 Å². The number of rotatable bonds is 1. The topological polar surface area (TPSA) is 0 Å². The van der Waals surface area contributed by atoms with E-state index in [2.05, 4.69) is 103 Å². The van der Waals surface area contributed by atoms with Crippen molar-refractivity contribution < 1.29 is 0 Å². The Morgan fingerprint density at radius 1 is 0.594 bits per heavy atom. The smallest absolute Gasteiger partial charge is 0.0544 e. The summed E-state index contributed by atoms with van der Waals surface area (Å²) in [5.74, 6) is 0.731. The van der Waals surface area contributed by atoms with Gasteiger partial charge in [-0.25, -0.2) is 0 Å². The summed E-state index contributed by atoms with van der Waals surface area (Å²) in [6.07, 6.45) is 9.28. The maximum absolute atomic E-state index is 6.25. The molecule has 7 rings (SSSR count). The van der Waals surface area contributed by atoms with Crippen molar-refractivity contribution in [1.82, 2.24) is 0 Å². The van der Waals surface area contributed by atoms with Crippen LogP contribution in [0.3, 0.4) is 0 Å². The first-order chi connectivity index (χ1) is 15.8. The normalized spacial score (nSPS) is 23.7. The van der Waals surface area contributed by atoms with Gasteiger partial charge in [-0.2, -0.15) is 0 Å². The number of fused-ring (bicyclic) bond motifs is 10. The third-order valence-corrected chi connectivity index (χ3v) is 7.89. The van der Waals surface area contributed by atoms with Gasteiger partial charge in [0.15, 0.2) is 0 Å². The van der Waals surface area contributed by atoms with Crippen molar-refractivity contribution in [3.63, 3.8) is 0 Å². The van der Waals surface area contributed by atoms with Crippen LogP contribution >= 0.6 is 11.6 Å². The predicted molar refractivity (Wildman–Crippen MR) is 133 cm³/mol. The quantitative estimate of drug-likeness (QED) is 0.287. The lowest BCUT2D eigenvalue weighted by atomic mass is 9.64. The number of halogens is 1. The Kier molecular flexibility index (Phi) is 3.75. The molecule has 0 heterocycles. The molecule has 4 aromatic carbocycles. The zero-order valence-corrected chi connectivity index (χ0v) is 18.3. The molecule has 3 aliphatic rings. The van der Waals surface area contributed by atoms with Gasteiger partial charge in [0, 0.05) is 16.9 Å². The van der Waals surface area contributed by atoms with Crippen molar-refractivity contribution in [2.45, 2.75) is 11.3 Å². The van der Waals surface area contributed by atoms with E-state index in [4.69, 9.17) is 11.6 Å². The van der Waals surface area contributed by atoms with Gasteiger partial charge in [-0.15, -0.1) is 0 Å². The molecule has 0 bridgehead atoms. The van der Waals surface area contributed by atoms with Gasteiger partial charge in [0.05, 0.1) is 5.41 Å². The second kappa shape index (κ2) is 6.58. The van der Waals surface area contributed by atoms with E-state index in [-0.39, 0.29) is 5.41 Å². The number of hydrogen-bond acceptors (Lipinski definition) is 0. The summed E-state index contributed by atoms with van der Waals surface area (Å²) in [6.45, 7) is 0. The van der Waals surface area contributed by atoms with Gasteiger partial charge in [-0.05, 0) is 56.6 Å². The third kappa shape index (κ3) is 2.18. The fourth-order valence-electron chi connectivity index (χ4n) is 6.54. The van der Waals surface area contributed by atoms with Crippen molar-refractivity contribution in [2.75, 3.05) is 0 Å². The number of allylic oxidation sites excluding steroid dienone is 4. The Balaban J connectivity index is 1.65. The van der Waals surface area contributed by atoms with Gasteiger partial charge >= 0.3 is 0 Å². The first-order valence-electron chi connectivity index (χ1n) is 11.2. The Morgan fingerprint density at radius 3 is 2.16 bits per heavy atom. The average molecular weight is 429 g/mol. The lowest BCUT2D eigenvalue weighted by Crippen LogP contribution is -2.33. The Labute approximate surface area is 193 Å². The van der Waals surface area contributed by atoms with E-state index in [1.165, 1.54) is 44.5 Å². The zero-order chi connectivity index (χ0) is 21.3. The summed E-state index contributed by atoms with van der Waals surface area (Å²) in [5.41, 5.74) is 10.8. The highest BCUT2D eigenvalue weighted by atomic mass is 35.5. The minimum Gasteiger partial charge on any atom is -0.0843 e. The van der Waals surface area contributed by atoms with E-state index in [0.29, 0.717) is 11.8 Å². The molecule has 0 nitrogen and oxygen atoms in total. The fourth-order valence-corrected chi connectivity index (χ4v) is 6.66. The first-order valence-corrected chi connectivity index (χ1v) is 11.6. The maximum Gasteiger partial charge on any atom is 0.0544 e. The molecule has 152 valence electrons. The van der Waals surface area contributed by atoms with Gasteiger partial charge in [-0.3, -0.25) is 0 Å². The van der Waals surface area contributed by atoms with Crippen LogP contribution in [0.5, 0.6) is 0 Å². The first kappa shape index (κ1) is 18.2. The summed E-state index contributed by atoms with van der Waals surface area (Å²) >= 11 is 6.25. The van der Waals surface area contributed by atoms with Crippen molar-refractivity contribution in [2.24, 2.45) is 5.92 Å². The Hall–Kier alpha value is -3.35. The lowest BCUT2D eigenvalue weighted by molar-refractivity contribution is 0.466. The van der Waals surface area contributed by atoms with Crippen molar-refractivity contribution >= 4 is 11.6 Å². The molecule has 4 aromatic rings. The van der Waals surface area contributed by atoms with Gasteiger partial charge in [0.25, 0.3) is 0 Å². The van der Waals surface area contributed by atoms with Crippen LogP contribution < -0.4 is 0 Å². The van der Waals surface area contributed by atoms with Gasteiger partial charge in [-0.1, -0.05) is 115 Å². The zero-order valence-electron chi connectivity index (χ0n) is 17.5. The molecular formula is C31H21Cl. The SMILES string of the molecule is Clc1ccc(-c2cccc3c2C2(c4ccccc4-3)c3ccccc3C3C=CC=CC32)cc1. The molecule has 1 heteroatoms. The molecule has 1 spiro atoms. The van der Waals surface area contributed by atoms with Crippen molar-refractivity contribution in [1.29, 1.82) is 0 Å². The summed E-state index contributed by atoms with van der Waals surface area (Å²) in [4.78, 5) is 0. The third-order valence-electron chi connectivity index (χ3n) is 7.64. The van der Waals surface area contributed by atoms with E-state index in [9.17, 15) is 0 Å². The molecule has 0 saturated carbocycles. The predicted octanol–water partition coefficient (Wildman–Crippen LogP) is 8.16. The van der Waals surface area contributed by atoms with E-state index in [1.807, 2.05) is 12.1 Å². The summed E-state index contributed by atoms with van der Waals surface area (Å²) < 4.78 is 0. The average Bonchev–Trinajstić information content (AvgIpc) is 3.32. The molecule has 0 amide bonds. The minimum absolute atomic E-state index is 0.204. The standard InChI is InChI=1S/C31H21Cl/c32-21-18-16-20(17-19-21)22-11-7-12-26-25-10-3-6-15-29(25)31(30(22)26)27-13-4-1-8-23(27)24-9-2-5-14-28(24)31/h1-19,23,27H. The molecule has 0 saturated heterocycles. The van der Waals surface area contributed by atoms with Gasteiger partial charge in [0.1, 0.15) is 0 Å². The van der Waals surface area contributed by atoms with Crippen molar-refractivity contribution in [3.05, 3.63) is 143 Å². The molecular weight excluding hydrogens is 408 g/mol. The Bertz CT molecular complexity index is 1440. The highest BCUT2D eigenvalue weighted by molar-refractivity contribution is 6.30. The highest BCUT2D eigenvalue weighted by Crippen LogP contribution is 2.66. The van der Waals surface area contributed by atoms with Crippen LogP contribution in [0, 0.1) is 5.92 Å². The largest absolute Gasteiger partial charge is 0.0843 e. The van der Waals surface area contributed by atoms with Crippen LogP contribution in [0.15, 0.2) is 115 Å². The maximum atomic E-state index is 6.25. The van der Waals surface area contributed by atoms with Gasteiger partial charge < -0.3 is 0 Å². The van der Waals surface area contributed by atoms with E-state index < -0.39 is 0 Å². The summed E-state index contributed by atoms with van der Waals surface area (Å²) in [6, 6.07) is 33.2. The van der Waals surface area contributed by atoms with Crippen molar-refractivity contribution in [3.8, 4) is 22.3 Å². The van der Waals surface area contributed by atoms with Gasteiger partial charge in [0.2, 0.25) is 0 Å². The van der Waals surface area contributed by atoms with Crippen LogP contribution in [0.2, 0.25) is 5.02 Å². The second-order valence-electron chi connectivity index (χ2n) is 9.00. The fraction of sp³-hybridized carbons (Fsp3) is 0.0968. The molecule has 3 unspecified atom stereocenters.